The quantitative estimate of drug-likeness (QED) is 0.320. The highest BCUT2D eigenvalue weighted by atomic mass is 16.5. The Morgan fingerprint density at radius 1 is 0.969 bits per heavy atom. The van der Waals surface area contributed by atoms with Gasteiger partial charge < -0.3 is 24.8 Å². The van der Waals surface area contributed by atoms with Crippen molar-refractivity contribution in [1.82, 2.24) is 15.0 Å². The van der Waals surface area contributed by atoms with Crippen LogP contribution in [0.2, 0.25) is 0 Å². The summed E-state index contributed by atoms with van der Waals surface area (Å²) in [5.74, 6) is 1.34. The SMILES string of the molecule is COCCOc1ccc2nc(-c3ccc(C(=O)Nc4ccc5[nH]ccc5c4)cc3)[nH]c2c1. The van der Waals surface area contributed by atoms with Crippen molar-refractivity contribution in [2.45, 2.75) is 0 Å². The number of amides is 1. The normalized spacial score (nSPS) is 11.2. The molecule has 0 fully saturated rings. The number of aromatic amines is 2. The molecule has 2 aromatic heterocycles. The molecule has 0 radical (unpaired) electrons. The second kappa shape index (κ2) is 8.56. The van der Waals surface area contributed by atoms with Gasteiger partial charge in [0, 0.05) is 47.1 Å². The van der Waals surface area contributed by atoms with Crippen molar-refractivity contribution in [2.75, 3.05) is 25.6 Å². The van der Waals surface area contributed by atoms with Crippen molar-refractivity contribution >= 4 is 33.5 Å². The van der Waals surface area contributed by atoms with E-state index in [1.807, 2.05) is 60.8 Å². The number of imidazole rings is 1. The van der Waals surface area contributed by atoms with Crippen LogP contribution in [0.25, 0.3) is 33.3 Å². The molecule has 32 heavy (non-hydrogen) atoms. The number of methoxy groups -OCH3 is 1. The van der Waals surface area contributed by atoms with Gasteiger partial charge in [0.2, 0.25) is 0 Å². The molecule has 0 aliphatic rings. The highest BCUT2D eigenvalue weighted by Gasteiger charge is 2.10. The van der Waals surface area contributed by atoms with Gasteiger partial charge >= 0.3 is 0 Å². The Hall–Kier alpha value is -4.10. The minimum Gasteiger partial charge on any atom is -0.491 e. The first-order valence-corrected chi connectivity index (χ1v) is 10.3. The second-order valence-corrected chi connectivity index (χ2v) is 7.42. The number of carbonyl (C=O) groups is 1. The van der Waals surface area contributed by atoms with Gasteiger partial charge in [-0.3, -0.25) is 4.79 Å². The number of ether oxygens (including phenoxy) is 2. The molecule has 0 unspecified atom stereocenters. The van der Waals surface area contributed by atoms with E-state index < -0.39 is 0 Å². The molecule has 0 spiro atoms. The van der Waals surface area contributed by atoms with E-state index in [-0.39, 0.29) is 5.91 Å². The van der Waals surface area contributed by atoms with Gasteiger partial charge in [-0.25, -0.2) is 4.98 Å². The van der Waals surface area contributed by atoms with Crippen LogP contribution in [-0.4, -0.2) is 41.2 Å². The number of anilines is 1. The van der Waals surface area contributed by atoms with Crippen molar-refractivity contribution in [2.24, 2.45) is 0 Å². The molecule has 0 aliphatic heterocycles. The van der Waals surface area contributed by atoms with E-state index in [4.69, 9.17) is 9.47 Å². The number of H-pyrrole nitrogens is 2. The average Bonchev–Trinajstić information content (AvgIpc) is 3.45. The lowest BCUT2D eigenvalue weighted by Gasteiger charge is -2.06. The molecule has 0 bridgehead atoms. The summed E-state index contributed by atoms with van der Waals surface area (Å²) < 4.78 is 10.7. The topological polar surface area (TPSA) is 92.0 Å². The molecule has 5 aromatic rings. The summed E-state index contributed by atoms with van der Waals surface area (Å²) in [4.78, 5) is 23.8. The van der Waals surface area contributed by atoms with Gasteiger partial charge in [-0.15, -0.1) is 0 Å². The molecular formula is C25H22N4O3. The number of aromatic nitrogens is 3. The van der Waals surface area contributed by atoms with Gasteiger partial charge in [-0.05, 0) is 48.5 Å². The van der Waals surface area contributed by atoms with Gasteiger partial charge in [0.05, 0.1) is 17.6 Å². The molecule has 0 saturated carbocycles. The molecule has 7 nitrogen and oxygen atoms in total. The van der Waals surface area contributed by atoms with Crippen molar-refractivity contribution in [1.29, 1.82) is 0 Å². The molecule has 0 saturated heterocycles. The van der Waals surface area contributed by atoms with E-state index in [1.165, 1.54) is 0 Å². The molecular weight excluding hydrogens is 404 g/mol. The Bertz CT molecular complexity index is 1390. The average molecular weight is 426 g/mol. The van der Waals surface area contributed by atoms with Gasteiger partial charge in [-0.2, -0.15) is 0 Å². The molecule has 160 valence electrons. The Labute approximate surface area is 184 Å². The number of carbonyl (C=O) groups excluding carboxylic acids is 1. The highest BCUT2D eigenvalue weighted by molar-refractivity contribution is 6.05. The van der Waals surface area contributed by atoms with Crippen molar-refractivity contribution < 1.29 is 14.3 Å². The van der Waals surface area contributed by atoms with E-state index in [9.17, 15) is 4.79 Å². The maximum absolute atomic E-state index is 12.7. The Morgan fingerprint density at radius 3 is 2.69 bits per heavy atom. The predicted molar refractivity (Wildman–Crippen MR) is 125 cm³/mol. The third kappa shape index (κ3) is 4.06. The zero-order chi connectivity index (χ0) is 21.9. The van der Waals surface area contributed by atoms with Crippen LogP contribution in [0.1, 0.15) is 10.4 Å². The maximum Gasteiger partial charge on any atom is 0.255 e. The number of hydrogen-bond acceptors (Lipinski definition) is 4. The van der Waals surface area contributed by atoms with Crippen molar-refractivity contribution in [3.05, 3.63) is 78.5 Å². The van der Waals surface area contributed by atoms with Crippen LogP contribution in [0.5, 0.6) is 5.75 Å². The fraction of sp³-hybridized carbons (Fsp3) is 0.120. The number of benzene rings is 3. The minimum absolute atomic E-state index is 0.158. The Morgan fingerprint density at radius 2 is 1.84 bits per heavy atom. The van der Waals surface area contributed by atoms with Gasteiger partial charge in [-0.1, -0.05) is 12.1 Å². The van der Waals surface area contributed by atoms with Crippen LogP contribution in [0.4, 0.5) is 5.69 Å². The summed E-state index contributed by atoms with van der Waals surface area (Å²) in [5, 5.41) is 4.00. The van der Waals surface area contributed by atoms with Crippen molar-refractivity contribution in [3.63, 3.8) is 0 Å². The first-order valence-electron chi connectivity index (χ1n) is 10.3. The Balaban J connectivity index is 1.31. The summed E-state index contributed by atoms with van der Waals surface area (Å²) in [6.45, 7) is 1.03. The number of nitrogens with one attached hydrogen (secondary N) is 3. The molecule has 3 aromatic carbocycles. The largest absolute Gasteiger partial charge is 0.491 e. The van der Waals surface area contributed by atoms with Crippen LogP contribution < -0.4 is 10.1 Å². The zero-order valence-electron chi connectivity index (χ0n) is 17.5. The predicted octanol–water partition coefficient (Wildman–Crippen LogP) is 4.99. The second-order valence-electron chi connectivity index (χ2n) is 7.42. The van der Waals surface area contributed by atoms with Gasteiger partial charge in [0.1, 0.15) is 18.2 Å². The van der Waals surface area contributed by atoms with E-state index in [2.05, 4.69) is 20.3 Å². The Kier molecular flexibility index (Phi) is 5.31. The van der Waals surface area contributed by atoms with Gasteiger partial charge in [0.15, 0.2) is 0 Å². The monoisotopic (exact) mass is 426 g/mol. The summed E-state index contributed by atoms with van der Waals surface area (Å²) in [7, 11) is 1.64. The molecule has 0 aliphatic carbocycles. The maximum atomic E-state index is 12.7. The zero-order valence-corrected chi connectivity index (χ0v) is 17.5. The van der Waals surface area contributed by atoms with Gasteiger partial charge in [0.25, 0.3) is 5.91 Å². The molecule has 0 atom stereocenters. The fourth-order valence-corrected chi connectivity index (χ4v) is 3.57. The number of fused-ring (bicyclic) bond motifs is 2. The number of nitrogens with zero attached hydrogens (tertiary/aromatic N) is 1. The molecule has 1 amide bonds. The van der Waals surface area contributed by atoms with E-state index in [0.29, 0.717) is 18.8 Å². The summed E-state index contributed by atoms with van der Waals surface area (Å²) in [5.41, 5.74) is 5.00. The third-order valence-corrected chi connectivity index (χ3v) is 5.24. The van der Waals surface area contributed by atoms with Crippen LogP contribution >= 0.6 is 0 Å². The van der Waals surface area contributed by atoms with Crippen LogP contribution in [0.15, 0.2) is 72.9 Å². The molecule has 5 rings (SSSR count). The van der Waals surface area contributed by atoms with E-state index >= 15 is 0 Å². The number of rotatable bonds is 7. The molecule has 7 heteroatoms. The minimum atomic E-state index is -0.158. The summed E-state index contributed by atoms with van der Waals surface area (Å²) in [6, 6.07) is 20.8. The van der Waals surface area contributed by atoms with Crippen LogP contribution in [-0.2, 0) is 4.74 Å². The van der Waals surface area contributed by atoms with Crippen LogP contribution in [0.3, 0.4) is 0 Å². The van der Waals surface area contributed by atoms with Crippen LogP contribution in [0, 0.1) is 0 Å². The first-order chi connectivity index (χ1) is 15.7. The summed E-state index contributed by atoms with van der Waals surface area (Å²) >= 11 is 0. The lowest BCUT2D eigenvalue weighted by Crippen LogP contribution is -2.11. The lowest BCUT2D eigenvalue weighted by atomic mass is 10.1. The first kappa shape index (κ1) is 19.8. The third-order valence-electron chi connectivity index (χ3n) is 5.24. The molecule has 2 heterocycles. The van der Waals surface area contributed by atoms with E-state index in [1.54, 1.807) is 19.2 Å². The standard InChI is InChI=1S/C25H22N4O3/c1-31-12-13-32-20-7-9-22-23(15-20)29-24(28-22)16-2-4-17(5-3-16)25(30)27-19-6-8-21-18(14-19)10-11-26-21/h2-11,14-15,26H,12-13H2,1H3,(H,27,30)(H,28,29). The van der Waals surface area contributed by atoms with Crippen molar-refractivity contribution in [3.8, 4) is 17.1 Å². The lowest BCUT2D eigenvalue weighted by molar-refractivity contribution is 0.102. The smallest absolute Gasteiger partial charge is 0.255 e. The summed E-state index contributed by atoms with van der Waals surface area (Å²) in [6.07, 6.45) is 1.88. The number of hydrogen-bond donors (Lipinski definition) is 3. The fourth-order valence-electron chi connectivity index (χ4n) is 3.57. The highest BCUT2D eigenvalue weighted by Crippen LogP contribution is 2.25. The molecule has 3 N–H and O–H groups in total. The van der Waals surface area contributed by atoms with E-state index in [0.717, 1.165) is 44.8 Å².